The number of hydrogen-bond donors (Lipinski definition) is 2. The van der Waals surface area contributed by atoms with Crippen molar-refractivity contribution in [2.24, 2.45) is 0 Å². The van der Waals surface area contributed by atoms with Gasteiger partial charge >= 0.3 is 0 Å². The van der Waals surface area contributed by atoms with Crippen molar-refractivity contribution in [3.05, 3.63) is 107 Å². The number of aryl methyl sites for hydroxylation is 1. The lowest BCUT2D eigenvalue weighted by molar-refractivity contribution is 0.121. The third kappa shape index (κ3) is 2.32. The number of hydrogen-bond acceptors (Lipinski definition) is 1. The summed E-state index contributed by atoms with van der Waals surface area (Å²) >= 11 is 0. The number of rotatable bonds is 3. The Bertz CT molecular complexity index is 931. The molecule has 2 N–H and O–H groups in total. The maximum Gasteiger partial charge on any atom is 0.155 e. The van der Waals surface area contributed by atoms with E-state index in [-0.39, 0.29) is 0 Å². The SMILES string of the molecule is Cc1ccc2cc(C(O)(c3ccccc3)c3ccccc3)[nH]c2c1. The van der Waals surface area contributed by atoms with Crippen LogP contribution in [0.2, 0.25) is 0 Å². The molecule has 0 fully saturated rings. The fourth-order valence-electron chi connectivity index (χ4n) is 3.27. The Kier molecular flexibility index (Phi) is 3.47. The first-order chi connectivity index (χ1) is 11.7. The zero-order valence-electron chi connectivity index (χ0n) is 13.5. The standard InChI is InChI=1S/C22H19NO/c1-16-12-13-17-15-21(23-20(17)14-16)22(24,18-8-4-2-5-9-18)19-10-6-3-7-11-19/h2-15,23-24H,1H3. The van der Waals surface area contributed by atoms with Gasteiger partial charge in [-0.25, -0.2) is 0 Å². The van der Waals surface area contributed by atoms with Crippen LogP contribution in [0.4, 0.5) is 0 Å². The maximum atomic E-state index is 11.8. The van der Waals surface area contributed by atoms with E-state index in [9.17, 15) is 5.11 Å². The summed E-state index contributed by atoms with van der Waals surface area (Å²) in [6.07, 6.45) is 0. The summed E-state index contributed by atoms with van der Waals surface area (Å²) in [5, 5.41) is 12.9. The van der Waals surface area contributed by atoms with Gasteiger partial charge in [-0.3, -0.25) is 0 Å². The molecule has 0 aliphatic rings. The second kappa shape index (κ2) is 5.66. The number of aromatic amines is 1. The van der Waals surface area contributed by atoms with Crippen LogP contribution in [0.3, 0.4) is 0 Å². The number of nitrogens with one attached hydrogen (secondary N) is 1. The van der Waals surface area contributed by atoms with Crippen molar-refractivity contribution >= 4 is 10.9 Å². The van der Waals surface area contributed by atoms with Crippen LogP contribution in [-0.2, 0) is 5.60 Å². The zero-order valence-corrected chi connectivity index (χ0v) is 13.5. The van der Waals surface area contributed by atoms with E-state index in [1.807, 2.05) is 66.7 Å². The van der Waals surface area contributed by atoms with Crippen LogP contribution in [0.1, 0.15) is 22.4 Å². The van der Waals surface area contributed by atoms with E-state index >= 15 is 0 Å². The highest BCUT2D eigenvalue weighted by atomic mass is 16.3. The molecule has 0 bridgehead atoms. The molecule has 2 nitrogen and oxygen atoms in total. The molecule has 1 aromatic heterocycles. The molecule has 0 aliphatic carbocycles. The first-order valence-electron chi connectivity index (χ1n) is 8.11. The third-order valence-electron chi connectivity index (χ3n) is 4.55. The molecule has 2 heteroatoms. The average Bonchev–Trinajstić information content (AvgIpc) is 3.06. The largest absolute Gasteiger partial charge is 0.375 e. The summed E-state index contributed by atoms with van der Waals surface area (Å²) < 4.78 is 0. The van der Waals surface area contributed by atoms with Crippen molar-refractivity contribution in [2.45, 2.75) is 12.5 Å². The van der Waals surface area contributed by atoms with Gasteiger partial charge in [0.15, 0.2) is 5.60 Å². The van der Waals surface area contributed by atoms with Gasteiger partial charge in [-0.05, 0) is 41.1 Å². The van der Waals surface area contributed by atoms with Crippen LogP contribution in [0.5, 0.6) is 0 Å². The molecule has 0 spiro atoms. The molecule has 0 unspecified atom stereocenters. The molecular formula is C22H19NO. The lowest BCUT2D eigenvalue weighted by Crippen LogP contribution is -2.29. The summed E-state index contributed by atoms with van der Waals surface area (Å²) in [6.45, 7) is 2.07. The van der Waals surface area contributed by atoms with Gasteiger partial charge in [0.2, 0.25) is 0 Å². The van der Waals surface area contributed by atoms with Gasteiger partial charge in [0, 0.05) is 5.52 Å². The molecule has 0 amide bonds. The second-order valence-corrected chi connectivity index (χ2v) is 6.22. The molecule has 4 aromatic rings. The van der Waals surface area contributed by atoms with Crippen molar-refractivity contribution in [3.8, 4) is 0 Å². The van der Waals surface area contributed by atoms with E-state index in [4.69, 9.17) is 0 Å². The van der Waals surface area contributed by atoms with Gasteiger partial charge in [-0.1, -0.05) is 72.8 Å². The van der Waals surface area contributed by atoms with Crippen LogP contribution < -0.4 is 0 Å². The Balaban J connectivity index is 1.98. The maximum absolute atomic E-state index is 11.8. The van der Waals surface area contributed by atoms with E-state index < -0.39 is 5.60 Å². The van der Waals surface area contributed by atoms with Crippen molar-refractivity contribution in [3.63, 3.8) is 0 Å². The summed E-state index contributed by atoms with van der Waals surface area (Å²) in [5.41, 5.74) is 3.49. The second-order valence-electron chi connectivity index (χ2n) is 6.22. The van der Waals surface area contributed by atoms with Crippen molar-refractivity contribution in [1.82, 2.24) is 4.98 Å². The Labute approximate surface area is 141 Å². The van der Waals surface area contributed by atoms with E-state index in [0.717, 1.165) is 27.7 Å². The van der Waals surface area contributed by atoms with Gasteiger partial charge in [0.1, 0.15) is 0 Å². The van der Waals surface area contributed by atoms with Gasteiger partial charge in [-0.2, -0.15) is 0 Å². The third-order valence-corrected chi connectivity index (χ3v) is 4.55. The van der Waals surface area contributed by atoms with E-state index in [1.165, 1.54) is 5.56 Å². The quantitative estimate of drug-likeness (QED) is 0.562. The highest BCUT2D eigenvalue weighted by Crippen LogP contribution is 2.37. The molecule has 0 radical (unpaired) electrons. The average molecular weight is 313 g/mol. The van der Waals surface area contributed by atoms with Crippen molar-refractivity contribution in [1.29, 1.82) is 0 Å². The molecule has 118 valence electrons. The number of aromatic nitrogens is 1. The van der Waals surface area contributed by atoms with E-state index in [1.54, 1.807) is 0 Å². The van der Waals surface area contributed by atoms with Crippen molar-refractivity contribution < 1.29 is 5.11 Å². The number of aliphatic hydroxyl groups is 1. The van der Waals surface area contributed by atoms with Crippen LogP contribution >= 0.6 is 0 Å². The first kappa shape index (κ1) is 14.7. The first-order valence-corrected chi connectivity index (χ1v) is 8.11. The minimum absolute atomic E-state index is 0.778. The van der Waals surface area contributed by atoms with Crippen LogP contribution in [0.25, 0.3) is 10.9 Å². The predicted molar refractivity (Wildman–Crippen MR) is 98.0 cm³/mol. The molecule has 4 rings (SSSR count). The highest BCUT2D eigenvalue weighted by molar-refractivity contribution is 5.82. The fraction of sp³-hybridized carbons (Fsp3) is 0.0909. The molecular weight excluding hydrogens is 294 g/mol. The summed E-state index contributed by atoms with van der Waals surface area (Å²) in [5.74, 6) is 0. The Hall–Kier alpha value is -2.84. The number of benzene rings is 3. The molecule has 0 saturated carbocycles. The predicted octanol–water partition coefficient (Wildman–Crippen LogP) is 4.76. The van der Waals surface area contributed by atoms with Gasteiger partial charge in [0.05, 0.1) is 5.69 Å². The fourth-order valence-corrected chi connectivity index (χ4v) is 3.27. The number of H-pyrrole nitrogens is 1. The summed E-state index contributed by atoms with van der Waals surface area (Å²) in [7, 11) is 0. The Morgan fingerprint density at radius 2 is 1.33 bits per heavy atom. The minimum Gasteiger partial charge on any atom is -0.375 e. The monoisotopic (exact) mass is 313 g/mol. The normalized spacial score (nSPS) is 11.8. The molecule has 0 aliphatic heterocycles. The van der Waals surface area contributed by atoms with Crippen LogP contribution in [0.15, 0.2) is 84.9 Å². The molecule has 3 aromatic carbocycles. The molecule has 1 heterocycles. The van der Waals surface area contributed by atoms with E-state index in [0.29, 0.717) is 0 Å². The van der Waals surface area contributed by atoms with Crippen LogP contribution in [-0.4, -0.2) is 10.1 Å². The summed E-state index contributed by atoms with van der Waals surface area (Å²) in [6, 6.07) is 27.9. The lowest BCUT2D eigenvalue weighted by atomic mass is 9.83. The van der Waals surface area contributed by atoms with Gasteiger partial charge in [-0.15, -0.1) is 0 Å². The van der Waals surface area contributed by atoms with Gasteiger partial charge < -0.3 is 10.1 Å². The van der Waals surface area contributed by atoms with Crippen LogP contribution in [0, 0.1) is 6.92 Å². The molecule has 0 saturated heterocycles. The summed E-state index contributed by atoms with van der Waals surface area (Å²) in [4.78, 5) is 3.42. The Morgan fingerprint density at radius 3 is 1.92 bits per heavy atom. The zero-order chi connectivity index (χ0) is 16.6. The minimum atomic E-state index is -1.21. The highest BCUT2D eigenvalue weighted by Gasteiger charge is 2.35. The lowest BCUT2D eigenvalue weighted by Gasteiger charge is -2.28. The van der Waals surface area contributed by atoms with E-state index in [2.05, 4.69) is 30.1 Å². The topological polar surface area (TPSA) is 36.0 Å². The molecule has 0 atom stereocenters. The Morgan fingerprint density at radius 1 is 0.750 bits per heavy atom. The molecule has 24 heavy (non-hydrogen) atoms. The van der Waals surface area contributed by atoms with Crippen molar-refractivity contribution in [2.75, 3.05) is 0 Å². The van der Waals surface area contributed by atoms with Gasteiger partial charge in [0.25, 0.3) is 0 Å². The smallest absolute Gasteiger partial charge is 0.155 e. The number of fused-ring (bicyclic) bond motifs is 1.